The molecule has 0 aliphatic rings. The first-order valence-corrected chi connectivity index (χ1v) is 12.2. The van der Waals surface area contributed by atoms with E-state index in [1.165, 1.54) is 6.21 Å². The molecular weight excluding hydrogens is 551 g/mol. The smallest absolute Gasteiger partial charge is 0.343 e. The van der Waals surface area contributed by atoms with Crippen LogP contribution in [0.3, 0.4) is 0 Å². The second-order valence-electron chi connectivity index (χ2n) is 7.68. The molecule has 0 atom stereocenters. The van der Waals surface area contributed by atoms with Crippen molar-refractivity contribution in [3.8, 4) is 17.2 Å². The second-order valence-corrected chi connectivity index (χ2v) is 8.99. The normalized spacial score (nSPS) is 10.8. The van der Waals surface area contributed by atoms with Gasteiger partial charge in [-0.1, -0.05) is 46.9 Å². The Kier molecular flexibility index (Phi) is 9.21. The number of benzene rings is 4. The summed E-state index contributed by atoms with van der Waals surface area (Å²) in [6.45, 7) is 0. The van der Waals surface area contributed by atoms with E-state index in [1.807, 2.05) is 0 Å². The van der Waals surface area contributed by atoms with Gasteiger partial charge in [-0.05, 0) is 90.5 Å². The maximum absolute atomic E-state index is 12.9. The number of nitrogens with one attached hydrogen (secondary N) is 1. The van der Waals surface area contributed by atoms with Gasteiger partial charge in [0, 0.05) is 15.1 Å². The van der Waals surface area contributed by atoms with Crippen LogP contribution >= 0.6 is 34.8 Å². The van der Waals surface area contributed by atoms with E-state index in [0.717, 1.165) is 0 Å². The molecule has 1 amide bonds. The minimum absolute atomic E-state index is 0.301. The monoisotopic (exact) mass is 568 g/mol. The fourth-order valence-corrected chi connectivity index (χ4v) is 3.42. The van der Waals surface area contributed by atoms with Crippen molar-refractivity contribution in [2.75, 3.05) is 0 Å². The largest absolute Gasteiger partial charge is 0.446 e. The van der Waals surface area contributed by atoms with Crippen LogP contribution in [0.5, 0.6) is 17.2 Å². The molecule has 0 spiro atoms. The Hall–Kier alpha value is -4.04. The van der Waals surface area contributed by atoms with Crippen molar-refractivity contribution < 1.29 is 23.8 Å². The molecule has 10 heteroatoms. The Morgan fingerprint density at radius 2 is 1.24 bits per heavy atom. The Bertz CT molecular complexity index is 1380. The maximum atomic E-state index is 12.9. The van der Waals surface area contributed by atoms with E-state index >= 15 is 0 Å². The molecule has 4 aromatic carbocycles. The molecular formula is C28H19Cl3N2O5. The third-order valence-electron chi connectivity index (χ3n) is 4.86. The number of hydrazone groups is 1. The van der Waals surface area contributed by atoms with Gasteiger partial charge in [0.1, 0.15) is 17.2 Å². The molecule has 1 N–H and O–H groups in total. The molecule has 0 aliphatic carbocycles. The molecule has 0 unspecified atom stereocenters. The van der Waals surface area contributed by atoms with Gasteiger partial charge in [-0.2, -0.15) is 5.10 Å². The molecule has 0 fully saturated rings. The Labute approximate surface area is 233 Å². The van der Waals surface area contributed by atoms with Crippen LogP contribution in [-0.4, -0.2) is 24.4 Å². The maximum Gasteiger partial charge on any atom is 0.343 e. The molecule has 4 rings (SSSR count). The topological polar surface area (TPSA) is 86.2 Å². The van der Waals surface area contributed by atoms with E-state index in [0.29, 0.717) is 43.4 Å². The number of hydrogen-bond acceptors (Lipinski definition) is 6. The van der Waals surface area contributed by atoms with E-state index in [-0.39, 0.29) is 0 Å². The molecule has 7 nitrogen and oxygen atoms in total. The number of rotatable bonds is 9. The quantitative estimate of drug-likeness (QED) is 0.0788. The standard InChI is InChI=1S/C28H19Cl3N2O5/c29-20-6-4-19(5-7-20)27(35)36-25-3-1-2-18(16-25)17-32-33-26(34)28(37-23-12-8-21(30)9-13-23)38-24-14-10-22(31)11-15-24/h1-17,28H,(H,33,34). The summed E-state index contributed by atoms with van der Waals surface area (Å²) in [4.78, 5) is 25.2. The number of amides is 1. The zero-order valence-electron chi connectivity index (χ0n) is 19.5. The minimum Gasteiger partial charge on any atom is -0.446 e. The van der Waals surface area contributed by atoms with Gasteiger partial charge in [0.25, 0.3) is 0 Å². The van der Waals surface area contributed by atoms with Crippen molar-refractivity contribution >= 4 is 52.9 Å². The number of carbonyl (C=O) groups excluding carboxylic acids is 2. The van der Waals surface area contributed by atoms with Crippen LogP contribution in [0, 0.1) is 0 Å². The van der Waals surface area contributed by atoms with Gasteiger partial charge in [0.15, 0.2) is 0 Å². The van der Waals surface area contributed by atoms with Crippen molar-refractivity contribution in [3.05, 3.63) is 123 Å². The van der Waals surface area contributed by atoms with E-state index < -0.39 is 18.2 Å². The van der Waals surface area contributed by atoms with Crippen LogP contribution in [0.25, 0.3) is 0 Å². The third-order valence-corrected chi connectivity index (χ3v) is 5.62. The van der Waals surface area contributed by atoms with E-state index in [1.54, 1.807) is 97.1 Å². The summed E-state index contributed by atoms with van der Waals surface area (Å²) in [5.41, 5.74) is 3.32. The molecule has 0 radical (unpaired) electrons. The van der Waals surface area contributed by atoms with Gasteiger partial charge in [-0.15, -0.1) is 0 Å². The van der Waals surface area contributed by atoms with Crippen LogP contribution in [0.4, 0.5) is 0 Å². The highest BCUT2D eigenvalue weighted by atomic mass is 35.5. The van der Waals surface area contributed by atoms with Crippen molar-refractivity contribution in [2.45, 2.75) is 6.29 Å². The van der Waals surface area contributed by atoms with E-state index in [4.69, 9.17) is 49.0 Å². The van der Waals surface area contributed by atoms with Gasteiger partial charge in [0.05, 0.1) is 11.8 Å². The van der Waals surface area contributed by atoms with Crippen LogP contribution in [-0.2, 0) is 4.79 Å². The predicted molar refractivity (Wildman–Crippen MR) is 147 cm³/mol. The lowest BCUT2D eigenvalue weighted by atomic mass is 10.2. The van der Waals surface area contributed by atoms with Crippen LogP contribution in [0.2, 0.25) is 15.1 Å². The predicted octanol–water partition coefficient (Wildman–Crippen LogP) is 6.80. The molecule has 4 aromatic rings. The molecule has 0 bridgehead atoms. The highest BCUT2D eigenvalue weighted by molar-refractivity contribution is 6.31. The summed E-state index contributed by atoms with van der Waals surface area (Å²) < 4.78 is 16.8. The summed E-state index contributed by atoms with van der Waals surface area (Å²) in [5.74, 6) is -0.178. The van der Waals surface area contributed by atoms with Crippen LogP contribution in [0.15, 0.2) is 102 Å². The van der Waals surface area contributed by atoms with Gasteiger partial charge >= 0.3 is 18.2 Å². The summed E-state index contributed by atoms with van der Waals surface area (Å²) in [6.07, 6.45) is 0.0141. The SMILES string of the molecule is O=C(Oc1cccc(C=NNC(=O)C(Oc2ccc(Cl)cc2)Oc2ccc(Cl)cc2)c1)c1ccc(Cl)cc1. The molecule has 0 aromatic heterocycles. The highest BCUT2D eigenvalue weighted by Crippen LogP contribution is 2.21. The number of ether oxygens (including phenoxy) is 3. The summed E-state index contributed by atoms with van der Waals surface area (Å²) in [6, 6.07) is 25.9. The number of carbonyl (C=O) groups is 2. The third kappa shape index (κ3) is 7.98. The summed E-state index contributed by atoms with van der Waals surface area (Å²) in [5, 5.41) is 5.53. The summed E-state index contributed by atoms with van der Waals surface area (Å²) in [7, 11) is 0. The van der Waals surface area contributed by atoms with E-state index in [9.17, 15) is 9.59 Å². The van der Waals surface area contributed by atoms with Crippen molar-refractivity contribution in [3.63, 3.8) is 0 Å². The molecule has 0 saturated heterocycles. The lowest BCUT2D eigenvalue weighted by Crippen LogP contribution is -2.40. The lowest BCUT2D eigenvalue weighted by molar-refractivity contribution is -0.140. The zero-order valence-corrected chi connectivity index (χ0v) is 21.8. The zero-order chi connectivity index (χ0) is 26.9. The lowest BCUT2D eigenvalue weighted by Gasteiger charge is -2.19. The molecule has 0 saturated carbocycles. The number of hydrogen-bond donors (Lipinski definition) is 1. The van der Waals surface area contributed by atoms with Crippen molar-refractivity contribution in [1.82, 2.24) is 5.43 Å². The average Bonchev–Trinajstić information content (AvgIpc) is 2.91. The first-order valence-electron chi connectivity index (χ1n) is 11.1. The van der Waals surface area contributed by atoms with Gasteiger partial charge in [-0.25, -0.2) is 10.2 Å². The number of halogens is 3. The Morgan fingerprint density at radius 3 is 1.79 bits per heavy atom. The first kappa shape index (κ1) is 27.0. The van der Waals surface area contributed by atoms with Crippen LogP contribution < -0.4 is 19.6 Å². The molecule has 38 heavy (non-hydrogen) atoms. The average molecular weight is 570 g/mol. The molecule has 192 valence electrons. The van der Waals surface area contributed by atoms with Gasteiger partial charge < -0.3 is 14.2 Å². The van der Waals surface area contributed by atoms with E-state index in [2.05, 4.69) is 10.5 Å². The number of nitrogens with zero attached hydrogens (tertiary/aromatic N) is 1. The highest BCUT2D eigenvalue weighted by Gasteiger charge is 2.22. The minimum atomic E-state index is -1.37. The van der Waals surface area contributed by atoms with Crippen molar-refractivity contribution in [2.24, 2.45) is 5.10 Å². The Balaban J connectivity index is 1.41. The fraction of sp³-hybridized carbons (Fsp3) is 0.0357. The Morgan fingerprint density at radius 1 is 0.711 bits per heavy atom. The van der Waals surface area contributed by atoms with Gasteiger partial charge in [0.2, 0.25) is 0 Å². The van der Waals surface area contributed by atoms with Gasteiger partial charge in [-0.3, -0.25) is 4.79 Å². The molecule has 0 aliphatic heterocycles. The second kappa shape index (κ2) is 13.0. The molecule has 0 heterocycles. The van der Waals surface area contributed by atoms with Crippen molar-refractivity contribution in [1.29, 1.82) is 0 Å². The van der Waals surface area contributed by atoms with Crippen LogP contribution in [0.1, 0.15) is 15.9 Å². The number of esters is 1. The first-order chi connectivity index (χ1) is 18.4. The summed E-state index contributed by atoms with van der Waals surface area (Å²) >= 11 is 17.7. The fourth-order valence-electron chi connectivity index (χ4n) is 3.04.